The number of rotatable bonds is 3. The second-order valence-electron chi connectivity index (χ2n) is 8.44. The molecule has 1 saturated carbocycles. The number of aromatic nitrogens is 1. The van der Waals surface area contributed by atoms with Gasteiger partial charge < -0.3 is 20.3 Å². The van der Waals surface area contributed by atoms with E-state index in [0.29, 0.717) is 10.6 Å². The van der Waals surface area contributed by atoms with Gasteiger partial charge in [0.1, 0.15) is 17.5 Å². The summed E-state index contributed by atoms with van der Waals surface area (Å²) in [5.41, 5.74) is -0.890. The molecule has 5 rings (SSSR count). The lowest BCUT2D eigenvalue weighted by Gasteiger charge is -2.40. The molecular formula is C25H23ClN2O4. The minimum absolute atomic E-state index is 0.169. The van der Waals surface area contributed by atoms with Crippen LogP contribution in [-0.2, 0) is 16.0 Å². The summed E-state index contributed by atoms with van der Waals surface area (Å²) in [6, 6.07) is 18.5. The molecule has 1 aliphatic carbocycles. The van der Waals surface area contributed by atoms with E-state index >= 15 is 0 Å². The quantitative estimate of drug-likeness (QED) is 0.570. The number of halogens is 1. The molecular weight excluding hydrogens is 428 g/mol. The fourth-order valence-corrected chi connectivity index (χ4v) is 5.54. The van der Waals surface area contributed by atoms with Crippen LogP contribution in [0, 0.1) is 12.8 Å². The molecule has 1 aliphatic heterocycles. The van der Waals surface area contributed by atoms with E-state index in [1.165, 1.54) is 13.2 Å². The fourth-order valence-electron chi connectivity index (χ4n) is 5.39. The van der Waals surface area contributed by atoms with E-state index in [9.17, 15) is 15.0 Å². The zero-order valence-electron chi connectivity index (χ0n) is 17.6. The molecule has 2 heterocycles. The molecule has 3 N–H and O–H groups in total. The molecule has 6 nitrogen and oxygen atoms in total. The van der Waals surface area contributed by atoms with Crippen LogP contribution < -0.4 is 10.1 Å². The molecule has 32 heavy (non-hydrogen) atoms. The van der Waals surface area contributed by atoms with Crippen molar-refractivity contribution in [2.45, 2.75) is 30.1 Å². The lowest BCUT2D eigenvalue weighted by atomic mass is 9.71. The van der Waals surface area contributed by atoms with Crippen molar-refractivity contribution in [3.05, 3.63) is 94.3 Å². The number of nitrogens with one attached hydrogen (secondary N) is 1. The summed E-state index contributed by atoms with van der Waals surface area (Å²) in [6.07, 6.45) is -0.0754. The van der Waals surface area contributed by atoms with Gasteiger partial charge in [-0.2, -0.15) is 0 Å². The van der Waals surface area contributed by atoms with Crippen LogP contribution in [0.2, 0.25) is 5.02 Å². The average molecular weight is 451 g/mol. The Morgan fingerprint density at radius 2 is 1.84 bits per heavy atom. The Balaban J connectivity index is 1.87. The number of aliphatic hydroxyl groups excluding tert-OH is 1. The van der Waals surface area contributed by atoms with Crippen molar-refractivity contribution >= 4 is 17.5 Å². The Morgan fingerprint density at radius 3 is 2.50 bits per heavy atom. The number of hydrogen-bond acceptors (Lipinski definition) is 5. The smallest absolute Gasteiger partial charge is 0.226 e. The first-order chi connectivity index (χ1) is 15.3. The van der Waals surface area contributed by atoms with Crippen molar-refractivity contribution in [1.82, 2.24) is 10.3 Å². The maximum atomic E-state index is 13.1. The van der Waals surface area contributed by atoms with Crippen LogP contribution in [0.3, 0.4) is 0 Å². The van der Waals surface area contributed by atoms with E-state index in [1.807, 2.05) is 61.5 Å². The molecule has 0 bridgehead atoms. The summed E-state index contributed by atoms with van der Waals surface area (Å²) in [7, 11) is 1.51. The lowest BCUT2D eigenvalue weighted by Crippen LogP contribution is -2.52. The van der Waals surface area contributed by atoms with Gasteiger partial charge in [-0.1, -0.05) is 71.8 Å². The molecule has 1 aromatic heterocycles. The molecule has 1 amide bonds. The van der Waals surface area contributed by atoms with Crippen LogP contribution in [-0.4, -0.2) is 34.3 Å². The van der Waals surface area contributed by atoms with Crippen LogP contribution in [0.15, 0.2) is 66.9 Å². The largest absolute Gasteiger partial charge is 0.476 e. The minimum atomic E-state index is -1.99. The highest BCUT2D eigenvalue weighted by Gasteiger charge is 2.78. The van der Waals surface area contributed by atoms with Crippen LogP contribution in [0.25, 0.3) is 0 Å². The van der Waals surface area contributed by atoms with Crippen LogP contribution in [0.4, 0.5) is 0 Å². The molecule has 5 atom stereocenters. The molecule has 1 fully saturated rings. The number of amides is 1. The molecule has 0 saturated heterocycles. The van der Waals surface area contributed by atoms with Crippen molar-refractivity contribution in [2.24, 2.45) is 5.92 Å². The van der Waals surface area contributed by atoms with Gasteiger partial charge in [0, 0.05) is 25.2 Å². The maximum Gasteiger partial charge on any atom is 0.226 e. The second kappa shape index (κ2) is 7.30. The van der Waals surface area contributed by atoms with Crippen LogP contribution in [0.5, 0.6) is 5.75 Å². The Bertz CT molecular complexity index is 1190. The van der Waals surface area contributed by atoms with Gasteiger partial charge in [-0.3, -0.25) is 9.78 Å². The average Bonchev–Trinajstić information content (AvgIpc) is 3.17. The summed E-state index contributed by atoms with van der Waals surface area (Å²) in [5.74, 6) is -1.80. The zero-order chi connectivity index (χ0) is 22.7. The van der Waals surface area contributed by atoms with Gasteiger partial charge >= 0.3 is 0 Å². The number of fused-ring (bicyclic) bond motifs is 3. The highest BCUT2D eigenvalue weighted by atomic mass is 35.5. The highest BCUT2D eigenvalue weighted by molar-refractivity contribution is 6.30. The monoisotopic (exact) mass is 450 g/mol. The van der Waals surface area contributed by atoms with Gasteiger partial charge in [0.05, 0.1) is 10.9 Å². The molecule has 164 valence electrons. The number of nitrogens with zero attached hydrogens (tertiary/aromatic N) is 1. The number of aliphatic hydroxyl groups is 2. The Labute approximate surface area is 190 Å². The van der Waals surface area contributed by atoms with E-state index in [0.717, 1.165) is 11.1 Å². The first-order valence-corrected chi connectivity index (χ1v) is 10.8. The minimum Gasteiger partial charge on any atom is -0.476 e. The van der Waals surface area contributed by atoms with Gasteiger partial charge in [0.25, 0.3) is 0 Å². The van der Waals surface area contributed by atoms with E-state index in [4.69, 9.17) is 16.3 Å². The molecule has 0 radical (unpaired) electrons. The molecule has 2 aliphatic rings. The number of aryl methyl sites for hydroxylation is 1. The second-order valence-corrected chi connectivity index (χ2v) is 8.88. The predicted molar refractivity (Wildman–Crippen MR) is 119 cm³/mol. The predicted octanol–water partition coefficient (Wildman–Crippen LogP) is 3.04. The van der Waals surface area contributed by atoms with E-state index in [2.05, 4.69) is 10.3 Å². The standard InChI is InChI=1S/C25H23ClN2O4/c1-14-8-10-16(11-9-14)25-20(15-6-4-3-5-7-15)19(23(30)27-2)22(29)24(25,31)21-18(32-25)12-17(26)13-28-21/h3-13,19-20,22,29,31H,1-2H3,(H,27,30)/t19-,20-,22-,24+,25+/m1/s1. The van der Waals surface area contributed by atoms with E-state index in [1.54, 1.807) is 6.07 Å². The van der Waals surface area contributed by atoms with Crippen LogP contribution in [0.1, 0.15) is 28.3 Å². The van der Waals surface area contributed by atoms with Gasteiger partial charge in [0.15, 0.2) is 11.2 Å². The number of ether oxygens (including phenoxy) is 1. The third kappa shape index (κ3) is 2.60. The lowest BCUT2D eigenvalue weighted by molar-refractivity contribution is -0.155. The third-order valence-electron chi connectivity index (χ3n) is 6.77. The topological polar surface area (TPSA) is 91.7 Å². The SMILES string of the molecule is CNC(=O)[C@H]1[C@@H](O)[C@@]2(O)c3ncc(Cl)cc3O[C@@]2(c2ccc(C)cc2)[C@@H]1c1ccccc1. The summed E-state index contributed by atoms with van der Waals surface area (Å²) in [6.45, 7) is 1.96. The van der Waals surface area contributed by atoms with Crippen molar-refractivity contribution in [2.75, 3.05) is 7.05 Å². The number of benzene rings is 2. The Kier molecular flexibility index (Phi) is 4.78. The first-order valence-electron chi connectivity index (χ1n) is 10.4. The highest BCUT2D eigenvalue weighted by Crippen LogP contribution is 2.68. The Morgan fingerprint density at radius 1 is 1.16 bits per heavy atom. The summed E-state index contributed by atoms with van der Waals surface area (Å²) in [5, 5.41) is 26.9. The molecule has 0 unspecified atom stereocenters. The van der Waals surface area contributed by atoms with Gasteiger partial charge in [-0.05, 0) is 18.1 Å². The van der Waals surface area contributed by atoms with Crippen LogP contribution >= 0.6 is 11.6 Å². The Hall–Kier alpha value is -2.93. The molecule has 2 aromatic carbocycles. The zero-order valence-corrected chi connectivity index (χ0v) is 18.4. The van der Waals surface area contributed by atoms with Crippen molar-refractivity contribution in [3.63, 3.8) is 0 Å². The first kappa shape index (κ1) is 20.9. The molecule has 3 aromatic rings. The summed E-state index contributed by atoms with van der Waals surface area (Å²) < 4.78 is 6.55. The number of hydrogen-bond donors (Lipinski definition) is 3. The van der Waals surface area contributed by atoms with Crippen molar-refractivity contribution in [3.8, 4) is 5.75 Å². The molecule has 7 heteroatoms. The van der Waals surface area contributed by atoms with E-state index in [-0.39, 0.29) is 17.4 Å². The summed E-state index contributed by atoms with van der Waals surface area (Å²) in [4.78, 5) is 17.5. The van der Waals surface area contributed by atoms with Gasteiger partial charge in [0.2, 0.25) is 5.91 Å². The van der Waals surface area contributed by atoms with Crippen molar-refractivity contribution in [1.29, 1.82) is 0 Å². The van der Waals surface area contributed by atoms with Crippen molar-refractivity contribution < 1.29 is 19.7 Å². The molecule has 0 spiro atoms. The maximum absolute atomic E-state index is 13.1. The van der Waals surface area contributed by atoms with E-state index < -0.39 is 29.1 Å². The normalized spacial score (nSPS) is 30.3. The number of carbonyl (C=O) groups is 1. The third-order valence-corrected chi connectivity index (χ3v) is 6.98. The summed E-state index contributed by atoms with van der Waals surface area (Å²) >= 11 is 6.18. The fraction of sp³-hybridized carbons (Fsp3) is 0.280. The number of pyridine rings is 1. The van der Waals surface area contributed by atoms with Gasteiger partial charge in [-0.25, -0.2) is 0 Å². The van der Waals surface area contributed by atoms with Gasteiger partial charge in [-0.15, -0.1) is 0 Å². The number of carbonyl (C=O) groups excluding carboxylic acids is 1.